The van der Waals surface area contributed by atoms with E-state index in [4.69, 9.17) is 16.3 Å². The molecule has 4 nitrogen and oxygen atoms in total. The highest BCUT2D eigenvalue weighted by molar-refractivity contribution is 6.33. The van der Waals surface area contributed by atoms with Gasteiger partial charge in [0.15, 0.2) is 0 Å². The Balaban J connectivity index is 1.62. The zero-order valence-electron chi connectivity index (χ0n) is 11.0. The summed E-state index contributed by atoms with van der Waals surface area (Å²) in [5.74, 6) is -0.369. The monoisotopic (exact) mass is 306 g/mol. The fraction of sp³-hybridized carbons (Fsp3) is 0.200. The lowest BCUT2D eigenvalue weighted by Gasteiger charge is -2.39. The summed E-state index contributed by atoms with van der Waals surface area (Å²) in [6.07, 6.45) is 3.16. The van der Waals surface area contributed by atoms with Crippen molar-refractivity contribution in [3.63, 3.8) is 0 Å². The molecule has 1 amide bonds. The molecule has 2 aromatic rings. The number of aromatic nitrogens is 1. The van der Waals surface area contributed by atoms with Crippen LogP contribution in [-0.4, -0.2) is 35.0 Å². The molecule has 0 radical (unpaired) electrons. The standard InChI is InChI=1S/C15H12ClFN2O2/c16-12-4-1-5-13(17)14(12)15(20)19-8-11(9-19)21-10-3-2-6-18-7-10/h1-7,11H,8-9H2. The largest absolute Gasteiger partial charge is 0.485 e. The van der Waals surface area contributed by atoms with Crippen molar-refractivity contribution < 1.29 is 13.9 Å². The third kappa shape index (κ3) is 2.83. The van der Waals surface area contributed by atoms with Crippen molar-refractivity contribution >= 4 is 17.5 Å². The van der Waals surface area contributed by atoms with Crippen LogP contribution in [0.25, 0.3) is 0 Å². The van der Waals surface area contributed by atoms with Crippen molar-refractivity contribution in [1.82, 2.24) is 9.88 Å². The molecular weight excluding hydrogens is 295 g/mol. The maximum atomic E-state index is 13.7. The lowest BCUT2D eigenvalue weighted by molar-refractivity contribution is 0.0173. The van der Waals surface area contributed by atoms with E-state index in [2.05, 4.69) is 4.98 Å². The fourth-order valence-electron chi connectivity index (χ4n) is 2.15. The van der Waals surface area contributed by atoms with Gasteiger partial charge in [-0.2, -0.15) is 0 Å². The summed E-state index contributed by atoms with van der Waals surface area (Å²) in [6, 6.07) is 7.77. The van der Waals surface area contributed by atoms with Crippen LogP contribution in [-0.2, 0) is 0 Å². The number of rotatable bonds is 3. The minimum atomic E-state index is -0.607. The summed E-state index contributed by atoms with van der Waals surface area (Å²) in [6.45, 7) is 0.802. The van der Waals surface area contributed by atoms with E-state index < -0.39 is 11.7 Å². The molecule has 2 heterocycles. The van der Waals surface area contributed by atoms with Crippen molar-refractivity contribution in [2.45, 2.75) is 6.10 Å². The first-order chi connectivity index (χ1) is 10.1. The van der Waals surface area contributed by atoms with E-state index in [1.165, 1.54) is 23.1 Å². The highest BCUT2D eigenvalue weighted by atomic mass is 35.5. The summed E-state index contributed by atoms with van der Waals surface area (Å²) in [5, 5.41) is 0.122. The molecular formula is C15H12ClFN2O2. The van der Waals surface area contributed by atoms with Gasteiger partial charge in [-0.1, -0.05) is 17.7 Å². The minimum Gasteiger partial charge on any atom is -0.485 e. The number of likely N-dealkylation sites (tertiary alicyclic amines) is 1. The first-order valence-corrected chi connectivity index (χ1v) is 6.83. The molecule has 0 saturated carbocycles. The van der Waals surface area contributed by atoms with Gasteiger partial charge in [-0.25, -0.2) is 4.39 Å². The van der Waals surface area contributed by atoms with Crippen molar-refractivity contribution in [3.8, 4) is 5.75 Å². The Hall–Kier alpha value is -2.14. The third-order valence-electron chi connectivity index (χ3n) is 3.25. The Labute approximate surface area is 126 Å². The van der Waals surface area contributed by atoms with Gasteiger partial charge in [0.1, 0.15) is 17.7 Å². The van der Waals surface area contributed by atoms with E-state index in [0.717, 1.165) is 0 Å². The highest BCUT2D eigenvalue weighted by Crippen LogP contribution is 2.24. The van der Waals surface area contributed by atoms with Crippen LogP contribution in [0.3, 0.4) is 0 Å². The Morgan fingerprint density at radius 1 is 1.33 bits per heavy atom. The molecule has 1 aromatic carbocycles. The maximum Gasteiger partial charge on any atom is 0.258 e. The summed E-state index contributed by atoms with van der Waals surface area (Å²) in [5.41, 5.74) is -0.0843. The van der Waals surface area contributed by atoms with Crippen LogP contribution in [0, 0.1) is 5.82 Å². The summed E-state index contributed by atoms with van der Waals surface area (Å²) in [4.78, 5) is 17.7. The molecule has 0 aliphatic carbocycles. The smallest absolute Gasteiger partial charge is 0.258 e. The lowest BCUT2D eigenvalue weighted by atomic mass is 10.1. The van der Waals surface area contributed by atoms with Gasteiger partial charge < -0.3 is 9.64 Å². The molecule has 0 atom stereocenters. The molecule has 6 heteroatoms. The van der Waals surface area contributed by atoms with Crippen LogP contribution in [0.2, 0.25) is 5.02 Å². The van der Waals surface area contributed by atoms with Gasteiger partial charge in [-0.3, -0.25) is 9.78 Å². The second-order valence-corrected chi connectivity index (χ2v) is 5.14. The van der Waals surface area contributed by atoms with E-state index in [9.17, 15) is 9.18 Å². The lowest BCUT2D eigenvalue weighted by Crippen LogP contribution is -2.56. The number of pyridine rings is 1. The Morgan fingerprint density at radius 2 is 2.14 bits per heavy atom. The summed E-state index contributed by atoms with van der Waals surface area (Å²) < 4.78 is 19.3. The molecule has 0 spiro atoms. The number of ether oxygens (including phenoxy) is 1. The van der Waals surface area contributed by atoms with Crippen LogP contribution in [0.15, 0.2) is 42.7 Å². The molecule has 1 aromatic heterocycles. The second-order valence-electron chi connectivity index (χ2n) is 4.74. The molecule has 3 rings (SSSR count). The maximum absolute atomic E-state index is 13.7. The van der Waals surface area contributed by atoms with Crippen molar-refractivity contribution in [3.05, 3.63) is 59.1 Å². The number of hydrogen-bond donors (Lipinski definition) is 0. The Kier molecular flexibility index (Phi) is 3.75. The highest BCUT2D eigenvalue weighted by Gasteiger charge is 2.34. The van der Waals surface area contributed by atoms with Gasteiger partial charge in [0.05, 0.1) is 29.9 Å². The van der Waals surface area contributed by atoms with Gasteiger partial charge in [0.2, 0.25) is 0 Å². The van der Waals surface area contributed by atoms with Gasteiger partial charge in [0, 0.05) is 6.20 Å². The number of benzene rings is 1. The number of hydrogen-bond acceptors (Lipinski definition) is 3. The zero-order chi connectivity index (χ0) is 14.8. The van der Waals surface area contributed by atoms with Crippen LogP contribution in [0.5, 0.6) is 5.75 Å². The quantitative estimate of drug-likeness (QED) is 0.875. The summed E-state index contributed by atoms with van der Waals surface area (Å²) >= 11 is 5.89. The van der Waals surface area contributed by atoms with Gasteiger partial charge >= 0.3 is 0 Å². The predicted octanol–water partition coefficient (Wildman–Crippen LogP) is 2.78. The molecule has 1 fully saturated rings. The van der Waals surface area contributed by atoms with Crippen LogP contribution in [0.1, 0.15) is 10.4 Å². The molecule has 108 valence electrons. The topological polar surface area (TPSA) is 42.4 Å². The second kappa shape index (κ2) is 5.69. The van der Waals surface area contributed by atoms with E-state index >= 15 is 0 Å². The number of carbonyl (C=O) groups is 1. The minimum absolute atomic E-state index is 0.0843. The average molecular weight is 307 g/mol. The van der Waals surface area contributed by atoms with Crippen LogP contribution in [0.4, 0.5) is 4.39 Å². The number of halogens is 2. The summed E-state index contributed by atoms with van der Waals surface area (Å²) in [7, 11) is 0. The van der Waals surface area contributed by atoms with Gasteiger partial charge in [-0.05, 0) is 24.3 Å². The van der Waals surface area contributed by atoms with Crippen molar-refractivity contribution in [2.75, 3.05) is 13.1 Å². The molecule has 1 saturated heterocycles. The van der Waals surface area contributed by atoms with E-state index in [-0.39, 0.29) is 16.7 Å². The van der Waals surface area contributed by atoms with E-state index in [1.807, 2.05) is 0 Å². The van der Waals surface area contributed by atoms with Gasteiger partial charge in [0.25, 0.3) is 5.91 Å². The first kappa shape index (κ1) is 13.8. The molecule has 0 N–H and O–H groups in total. The SMILES string of the molecule is O=C(c1c(F)cccc1Cl)N1CC(Oc2cccnc2)C1. The molecule has 21 heavy (non-hydrogen) atoms. The van der Waals surface area contributed by atoms with Crippen LogP contribution >= 0.6 is 11.6 Å². The number of nitrogens with zero attached hydrogens (tertiary/aromatic N) is 2. The van der Waals surface area contributed by atoms with Gasteiger partial charge in [-0.15, -0.1) is 0 Å². The van der Waals surface area contributed by atoms with E-state index in [0.29, 0.717) is 18.8 Å². The molecule has 1 aliphatic heterocycles. The molecule has 1 aliphatic rings. The third-order valence-corrected chi connectivity index (χ3v) is 3.56. The Morgan fingerprint density at radius 3 is 2.81 bits per heavy atom. The van der Waals surface area contributed by atoms with Crippen LogP contribution < -0.4 is 4.74 Å². The first-order valence-electron chi connectivity index (χ1n) is 6.45. The predicted molar refractivity (Wildman–Crippen MR) is 76.0 cm³/mol. The molecule has 0 unspecified atom stereocenters. The fourth-order valence-corrected chi connectivity index (χ4v) is 2.39. The molecule has 0 bridgehead atoms. The normalized spacial score (nSPS) is 14.7. The zero-order valence-corrected chi connectivity index (χ0v) is 11.8. The van der Waals surface area contributed by atoms with Crippen molar-refractivity contribution in [1.29, 1.82) is 0 Å². The number of carbonyl (C=O) groups excluding carboxylic acids is 1. The van der Waals surface area contributed by atoms with E-state index in [1.54, 1.807) is 24.5 Å². The Bertz CT molecular complexity index is 640. The van der Waals surface area contributed by atoms with Crippen molar-refractivity contribution in [2.24, 2.45) is 0 Å². The average Bonchev–Trinajstić information content (AvgIpc) is 2.43. The number of amides is 1.